The second-order valence-corrected chi connectivity index (χ2v) is 12.9. The Hall–Kier alpha value is -3.77. The SMILES string of the molecule is CCC(C)(C)c1ccc(OCCCCNC(=O)c2cc(-c3cccc(OC)c3)nn2-c2ccccc2Cl)c(C(C)(C)CC)c1. The van der Waals surface area contributed by atoms with Crippen LogP contribution in [-0.2, 0) is 10.8 Å². The van der Waals surface area contributed by atoms with Crippen LogP contribution in [0.25, 0.3) is 16.9 Å². The number of nitrogens with zero attached hydrogens (tertiary/aromatic N) is 2. The third-order valence-electron chi connectivity index (χ3n) is 8.76. The summed E-state index contributed by atoms with van der Waals surface area (Å²) < 4.78 is 13.3. The summed E-state index contributed by atoms with van der Waals surface area (Å²) in [4.78, 5) is 13.4. The van der Waals surface area contributed by atoms with Gasteiger partial charge < -0.3 is 14.8 Å². The molecule has 0 saturated carbocycles. The highest BCUT2D eigenvalue weighted by atomic mass is 35.5. The highest BCUT2D eigenvalue weighted by Gasteiger charge is 2.26. The molecule has 0 aliphatic heterocycles. The summed E-state index contributed by atoms with van der Waals surface area (Å²) in [5, 5.41) is 8.33. The second-order valence-electron chi connectivity index (χ2n) is 12.5. The molecule has 1 amide bonds. The molecule has 0 radical (unpaired) electrons. The van der Waals surface area contributed by atoms with Gasteiger partial charge in [-0.15, -0.1) is 0 Å². The van der Waals surface area contributed by atoms with Crippen molar-refractivity contribution in [2.24, 2.45) is 0 Å². The standard InChI is InChI=1S/C37H46ClN3O3/c1-8-36(3,4)27-19-20-34(29(24-27)37(5,6)9-2)44-22-13-12-21-39-35(42)33-25-31(26-15-14-16-28(23-26)43-7)40-41(33)32-18-11-10-17-30(32)38/h10-11,14-20,23-25H,8-9,12-13,21-22H2,1-7H3,(H,39,42). The monoisotopic (exact) mass is 615 g/mol. The molecule has 0 aliphatic carbocycles. The summed E-state index contributed by atoms with van der Waals surface area (Å²) in [5.74, 6) is 1.45. The molecule has 1 heterocycles. The number of halogens is 1. The van der Waals surface area contributed by atoms with Gasteiger partial charge in [-0.1, -0.05) is 89.5 Å². The maximum absolute atomic E-state index is 13.4. The molecule has 3 aromatic carbocycles. The van der Waals surface area contributed by atoms with Crippen LogP contribution >= 0.6 is 11.6 Å². The smallest absolute Gasteiger partial charge is 0.270 e. The zero-order chi connectivity index (χ0) is 31.9. The van der Waals surface area contributed by atoms with Crippen molar-refractivity contribution < 1.29 is 14.3 Å². The van der Waals surface area contributed by atoms with Gasteiger partial charge in [-0.05, 0) is 78.5 Å². The normalized spacial score (nSPS) is 11.8. The summed E-state index contributed by atoms with van der Waals surface area (Å²) in [5.41, 5.74) is 5.28. The van der Waals surface area contributed by atoms with E-state index in [1.54, 1.807) is 23.9 Å². The average Bonchev–Trinajstić information content (AvgIpc) is 3.48. The van der Waals surface area contributed by atoms with E-state index in [0.29, 0.717) is 41.0 Å². The predicted molar refractivity (Wildman–Crippen MR) is 181 cm³/mol. The van der Waals surface area contributed by atoms with Gasteiger partial charge in [-0.3, -0.25) is 4.79 Å². The number of nitrogens with one attached hydrogen (secondary N) is 1. The molecule has 1 N–H and O–H groups in total. The van der Waals surface area contributed by atoms with E-state index >= 15 is 0 Å². The number of unbranched alkanes of at least 4 members (excludes halogenated alkanes) is 1. The largest absolute Gasteiger partial charge is 0.497 e. The molecule has 0 spiro atoms. The Labute approximate surface area is 267 Å². The number of aromatic nitrogens is 2. The number of hydrogen-bond acceptors (Lipinski definition) is 4. The number of methoxy groups -OCH3 is 1. The minimum atomic E-state index is -0.214. The van der Waals surface area contributed by atoms with Crippen LogP contribution in [0.4, 0.5) is 0 Å². The van der Waals surface area contributed by atoms with E-state index < -0.39 is 0 Å². The number of carbonyl (C=O) groups excluding carboxylic acids is 1. The average molecular weight is 616 g/mol. The van der Waals surface area contributed by atoms with E-state index in [-0.39, 0.29) is 16.7 Å². The lowest BCUT2D eigenvalue weighted by Gasteiger charge is -2.30. The van der Waals surface area contributed by atoms with Gasteiger partial charge >= 0.3 is 0 Å². The molecule has 0 bridgehead atoms. The van der Waals surface area contributed by atoms with E-state index in [9.17, 15) is 4.79 Å². The molecule has 0 saturated heterocycles. The van der Waals surface area contributed by atoms with E-state index in [0.717, 1.165) is 37.0 Å². The van der Waals surface area contributed by atoms with Gasteiger partial charge in [0.15, 0.2) is 0 Å². The van der Waals surface area contributed by atoms with Gasteiger partial charge in [-0.25, -0.2) is 4.68 Å². The molecular formula is C37H46ClN3O3. The molecule has 7 heteroatoms. The first-order valence-electron chi connectivity index (χ1n) is 15.6. The fourth-order valence-electron chi connectivity index (χ4n) is 4.98. The van der Waals surface area contributed by atoms with Gasteiger partial charge in [0, 0.05) is 17.7 Å². The van der Waals surface area contributed by atoms with Gasteiger partial charge in [0.25, 0.3) is 5.91 Å². The topological polar surface area (TPSA) is 65.4 Å². The first-order chi connectivity index (χ1) is 21.0. The Bertz CT molecular complexity index is 1570. The van der Waals surface area contributed by atoms with E-state index in [1.165, 1.54) is 11.1 Å². The van der Waals surface area contributed by atoms with E-state index in [4.69, 9.17) is 26.2 Å². The quantitative estimate of drug-likeness (QED) is 0.144. The molecular weight excluding hydrogens is 570 g/mol. The summed E-state index contributed by atoms with van der Waals surface area (Å²) in [6, 6.07) is 23.4. The first-order valence-corrected chi connectivity index (χ1v) is 15.9. The van der Waals surface area contributed by atoms with Crippen LogP contribution in [-0.4, -0.2) is 35.9 Å². The molecule has 4 rings (SSSR count). The van der Waals surface area contributed by atoms with Crippen LogP contribution in [0, 0.1) is 0 Å². The van der Waals surface area contributed by atoms with Crippen molar-refractivity contribution in [2.75, 3.05) is 20.3 Å². The van der Waals surface area contributed by atoms with Gasteiger partial charge in [0.05, 0.1) is 30.1 Å². The highest BCUT2D eigenvalue weighted by Crippen LogP contribution is 2.38. The van der Waals surface area contributed by atoms with Crippen LogP contribution in [0.5, 0.6) is 11.5 Å². The van der Waals surface area contributed by atoms with Gasteiger partial charge in [0.1, 0.15) is 17.2 Å². The molecule has 0 fully saturated rings. The lowest BCUT2D eigenvalue weighted by atomic mass is 9.76. The third kappa shape index (κ3) is 7.65. The number of amides is 1. The maximum atomic E-state index is 13.4. The van der Waals surface area contributed by atoms with E-state index in [2.05, 4.69) is 65.1 Å². The molecule has 4 aromatic rings. The van der Waals surface area contributed by atoms with Crippen molar-refractivity contribution in [3.05, 3.63) is 94.6 Å². The molecule has 44 heavy (non-hydrogen) atoms. The fourth-order valence-corrected chi connectivity index (χ4v) is 5.19. The molecule has 6 nitrogen and oxygen atoms in total. The van der Waals surface area contributed by atoms with Crippen molar-refractivity contribution in [3.63, 3.8) is 0 Å². The van der Waals surface area contributed by atoms with Crippen LogP contribution in [0.3, 0.4) is 0 Å². The molecule has 234 valence electrons. The zero-order valence-corrected chi connectivity index (χ0v) is 27.9. The number of benzene rings is 3. The third-order valence-corrected chi connectivity index (χ3v) is 9.08. The minimum Gasteiger partial charge on any atom is -0.497 e. The van der Waals surface area contributed by atoms with Crippen LogP contribution in [0.2, 0.25) is 5.02 Å². The van der Waals surface area contributed by atoms with Gasteiger partial charge in [-0.2, -0.15) is 5.10 Å². The van der Waals surface area contributed by atoms with Crippen molar-refractivity contribution in [3.8, 4) is 28.4 Å². The van der Waals surface area contributed by atoms with Crippen LogP contribution < -0.4 is 14.8 Å². The predicted octanol–water partition coefficient (Wildman–Crippen LogP) is 9.17. The van der Waals surface area contributed by atoms with E-state index in [1.807, 2.05) is 42.5 Å². The van der Waals surface area contributed by atoms with Crippen LogP contribution in [0.1, 0.15) is 88.8 Å². The lowest BCUT2D eigenvalue weighted by molar-refractivity contribution is 0.0944. The Morgan fingerprint density at radius 2 is 1.66 bits per heavy atom. The van der Waals surface area contributed by atoms with Crippen LogP contribution in [0.15, 0.2) is 72.8 Å². The van der Waals surface area contributed by atoms with Gasteiger partial charge in [0.2, 0.25) is 0 Å². The highest BCUT2D eigenvalue weighted by molar-refractivity contribution is 6.32. The molecule has 0 aliphatic rings. The summed E-state index contributed by atoms with van der Waals surface area (Å²) in [6.07, 6.45) is 3.69. The first kappa shape index (κ1) is 33.1. The number of para-hydroxylation sites is 1. The number of rotatable bonds is 14. The summed E-state index contributed by atoms with van der Waals surface area (Å²) in [6.45, 7) is 14.7. The zero-order valence-electron chi connectivity index (χ0n) is 27.2. The number of ether oxygens (including phenoxy) is 2. The number of carbonyl (C=O) groups is 1. The molecule has 0 unspecified atom stereocenters. The Morgan fingerprint density at radius 1 is 0.909 bits per heavy atom. The Balaban J connectivity index is 1.42. The Kier molecular flexibility index (Phi) is 10.8. The second kappa shape index (κ2) is 14.3. The maximum Gasteiger partial charge on any atom is 0.270 e. The molecule has 1 aromatic heterocycles. The number of hydrogen-bond donors (Lipinski definition) is 1. The van der Waals surface area contributed by atoms with Crippen molar-refractivity contribution in [2.45, 2.75) is 78.1 Å². The minimum absolute atomic E-state index is 0.0114. The van der Waals surface area contributed by atoms with Crippen molar-refractivity contribution >= 4 is 17.5 Å². The fraction of sp³-hybridized carbons (Fsp3) is 0.405. The summed E-state index contributed by atoms with van der Waals surface area (Å²) in [7, 11) is 1.63. The lowest BCUT2D eigenvalue weighted by Crippen LogP contribution is -2.27. The van der Waals surface area contributed by atoms with Crippen molar-refractivity contribution in [1.29, 1.82) is 0 Å². The van der Waals surface area contributed by atoms with Crippen molar-refractivity contribution in [1.82, 2.24) is 15.1 Å². The summed E-state index contributed by atoms with van der Waals surface area (Å²) >= 11 is 6.51. The Morgan fingerprint density at radius 3 is 2.36 bits per heavy atom. The molecule has 0 atom stereocenters.